The SMILES string of the molecule is Cn1ncc2c1CN(C(=O)c1ccc3cc[nH]c3c1)[C@H]2C(=O)Nc1ccc(-n2ccccc2=O)cc1F. The molecule has 1 aliphatic heterocycles. The van der Waals surface area contributed by atoms with Gasteiger partial charge in [0, 0.05) is 48.2 Å². The number of carbonyl (C=O) groups excluding carboxylic acids is 2. The number of hydrogen-bond acceptors (Lipinski definition) is 4. The van der Waals surface area contributed by atoms with Crippen molar-refractivity contribution >= 4 is 28.4 Å². The summed E-state index contributed by atoms with van der Waals surface area (Å²) in [5, 5.41) is 7.82. The van der Waals surface area contributed by atoms with Gasteiger partial charge < -0.3 is 15.2 Å². The Balaban J connectivity index is 1.31. The smallest absolute Gasteiger partial charge is 0.255 e. The van der Waals surface area contributed by atoms with E-state index in [-0.39, 0.29) is 23.7 Å². The third-order valence-corrected chi connectivity index (χ3v) is 6.64. The zero-order valence-electron chi connectivity index (χ0n) is 19.7. The topological polar surface area (TPSA) is 105 Å². The lowest BCUT2D eigenvalue weighted by Crippen LogP contribution is -2.37. The van der Waals surface area contributed by atoms with E-state index in [0.29, 0.717) is 16.8 Å². The van der Waals surface area contributed by atoms with E-state index in [1.54, 1.807) is 54.5 Å². The van der Waals surface area contributed by atoms with Gasteiger partial charge in [-0.05, 0) is 41.8 Å². The van der Waals surface area contributed by atoms with E-state index in [0.717, 1.165) is 16.6 Å². The van der Waals surface area contributed by atoms with E-state index in [1.165, 1.54) is 33.9 Å². The highest BCUT2D eigenvalue weighted by atomic mass is 19.1. The molecule has 4 heterocycles. The molecule has 10 heteroatoms. The Labute approximate surface area is 209 Å². The molecule has 0 spiro atoms. The van der Waals surface area contributed by atoms with Crippen LogP contribution >= 0.6 is 0 Å². The van der Waals surface area contributed by atoms with Crippen LogP contribution in [0.25, 0.3) is 16.6 Å². The Bertz CT molecular complexity index is 1750. The maximum atomic E-state index is 15.0. The van der Waals surface area contributed by atoms with Crippen LogP contribution in [0.5, 0.6) is 0 Å². The number of aromatic nitrogens is 4. The normalized spacial score (nSPS) is 14.6. The van der Waals surface area contributed by atoms with Gasteiger partial charge >= 0.3 is 0 Å². The minimum absolute atomic E-state index is 0.0599. The lowest BCUT2D eigenvalue weighted by molar-refractivity contribution is -0.120. The zero-order chi connectivity index (χ0) is 25.7. The van der Waals surface area contributed by atoms with E-state index in [4.69, 9.17) is 0 Å². The average molecular weight is 497 g/mol. The van der Waals surface area contributed by atoms with Crippen molar-refractivity contribution in [2.45, 2.75) is 12.6 Å². The van der Waals surface area contributed by atoms with Gasteiger partial charge in [-0.2, -0.15) is 5.10 Å². The van der Waals surface area contributed by atoms with E-state index in [2.05, 4.69) is 15.4 Å². The Kier molecular flexibility index (Phi) is 5.22. The van der Waals surface area contributed by atoms with Gasteiger partial charge in [0.05, 0.1) is 29.8 Å². The molecule has 0 fully saturated rings. The first-order valence-electron chi connectivity index (χ1n) is 11.6. The minimum Gasteiger partial charge on any atom is -0.361 e. The van der Waals surface area contributed by atoms with Crippen LogP contribution in [0.1, 0.15) is 27.7 Å². The van der Waals surface area contributed by atoms with Crippen LogP contribution in [0, 0.1) is 5.82 Å². The zero-order valence-corrected chi connectivity index (χ0v) is 19.7. The molecule has 5 aromatic rings. The lowest BCUT2D eigenvalue weighted by Gasteiger charge is -2.25. The molecule has 1 atom stereocenters. The Morgan fingerprint density at radius 1 is 1.11 bits per heavy atom. The number of rotatable bonds is 4. The van der Waals surface area contributed by atoms with Crippen LogP contribution in [0.3, 0.4) is 0 Å². The van der Waals surface area contributed by atoms with Gasteiger partial charge in [0.2, 0.25) is 0 Å². The summed E-state index contributed by atoms with van der Waals surface area (Å²) in [5.41, 5.74) is 2.52. The largest absolute Gasteiger partial charge is 0.361 e. The number of anilines is 1. The van der Waals surface area contributed by atoms with Crippen LogP contribution in [0.2, 0.25) is 0 Å². The van der Waals surface area contributed by atoms with Crippen molar-refractivity contribution in [2.75, 3.05) is 5.32 Å². The number of H-pyrrole nitrogens is 1. The van der Waals surface area contributed by atoms with E-state index in [9.17, 15) is 14.4 Å². The predicted octanol–water partition coefficient (Wildman–Crippen LogP) is 3.53. The number of hydrogen-bond donors (Lipinski definition) is 2. The summed E-state index contributed by atoms with van der Waals surface area (Å²) in [7, 11) is 1.75. The fourth-order valence-corrected chi connectivity index (χ4v) is 4.74. The molecule has 0 unspecified atom stereocenters. The quantitative estimate of drug-likeness (QED) is 0.397. The molecule has 9 nitrogen and oxygen atoms in total. The van der Waals surface area contributed by atoms with E-state index in [1.807, 2.05) is 12.1 Å². The molecule has 6 rings (SSSR count). The summed E-state index contributed by atoms with van der Waals surface area (Å²) in [5.74, 6) is -1.60. The van der Waals surface area contributed by atoms with Crippen LogP contribution in [0.4, 0.5) is 10.1 Å². The Hall–Kier alpha value is -4.99. The highest BCUT2D eigenvalue weighted by Gasteiger charge is 2.41. The number of aryl methyl sites for hydroxylation is 1. The maximum absolute atomic E-state index is 15.0. The molecule has 0 aliphatic carbocycles. The van der Waals surface area contributed by atoms with Gasteiger partial charge in [-0.3, -0.25) is 23.6 Å². The summed E-state index contributed by atoms with van der Waals surface area (Å²) < 4.78 is 18.0. The molecule has 0 radical (unpaired) electrons. The van der Waals surface area contributed by atoms with Crippen molar-refractivity contribution < 1.29 is 14.0 Å². The fraction of sp³-hybridized carbons (Fsp3) is 0.111. The fourth-order valence-electron chi connectivity index (χ4n) is 4.74. The van der Waals surface area contributed by atoms with E-state index < -0.39 is 17.8 Å². The third kappa shape index (κ3) is 3.79. The molecular formula is C27H21FN6O3. The summed E-state index contributed by atoms with van der Waals surface area (Å²) in [6, 6.07) is 15.0. The van der Waals surface area contributed by atoms with Gasteiger partial charge in [-0.25, -0.2) is 4.39 Å². The standard InChI is InChI=1S/C27H21FN6O3/c1-32-23-15-34(27(37)17-6-5-16-9-10-29-22(16)12-17)25(19(23)14-30-32)26(36)31-21-8-7-18(13-20(21)28)33-11-3-2-4-24(33)35/h2-14,25,29H,15H2,1H3,(H,31,36)/t25-/m1/s1. The number of fused-ring (bicyclic) bond motifs is 2. The predicted molar refractivity (Wildman–Crippen MR) is 135 cm³/mol. The first-order chi connectivity index (χ1) is 17.9. The molecule has 184 valence electrons. The van der Waals surface area contributed by atoms with Crippen molar-refractivity contribution in [3.63, 3.8) is 0 Å². The van der Waals surface area contributed by atoms with Crippen LogP contribution in [0.15, 0.2) is 84.0 Å². The Morgan fingerprint density at radius 3 is 2.78 bits per heavy atom. The average Bonchev–Trinajstić information content (AvgIpc) is 3.61. The number of carbonyl (C=O) groups is 2. The van der Waals surface area contributed by atoms with Crippen molar-refractivity contribution in [1.82, 2.24) is 24.2 Å². The second-order valence-electron chi connectivity index (χ2n) is 8.85. The molecule has 2 amide bonds. The molecule has 2 aromatic carbocycles. The summed E-state index contributed by atoms with van der Waals surface area (Å²) >= 11 is 0. The molecule has 0 saturated carbocycles. The van der Waals surface area contributed by atoms with Crippen molar-refractivity contribution in [2.24, 2.45) is 7.05 Å². The van der Waals surface area contributed by atoms with Crippen LogP contribution < -0.4 is 10.9 Å². The molecule has 0 bridgehead atoms. The number of nitrogens with zero attached hydrogens (tertiary/aromatic N) is 4. The molecule has 0 saturated heterocycles. The Morgan fingerprint density at radius 2 is 1.97 bits per heavy atom. The monoisotopic (exact) mass is 496 g/mol. The van der Waals surface area contributed by atoms with Crippen LogP contribution in [-0.2, 0) is 18.4 Å². The van der Waals surface area contributed by atoms with Gasteiger partial charge in [0.25, 0.3) is 17.4 Å². The molecule has 3 aromatic heterocycles. The third-order valence-electron chi connectivity index (χ3n) is 6.64. The second kappa shape index (κ2) is 8.59. The lowest BCUT2D eigenvalue weighted by atomic mass is 10.1. The van der Waals surface area contributed by atoms with Gasteiger partial charge in [0.15, 0.2) is 0 Å². The van der Waals surface area contributed by atoms with Gasteiger partial charge in [-0.15, -0.1) is 0 Å². The molecule has 1 aliphatic rings. The maximum Gasteiger partial charge on any atom is 0.255 e. The number of benzene rings is 2. The number of nitrogens with one attached hydrogen (secondary N) is 2. The summed E-state index contributed by atoms with van der Waals surface area (Å²) in [4.78, 5) is 43.7. The summed E-state index contributed by atoms with van der Waals surface area (Å²) in [6.07, 6.45) is 4.88. The molecular weight excluding hydrogens is 475 g/mol. The minimum atomic E-state index is -0.994. The molecule has 2 N–H and O–H groups in total. The van der Waals surface area contributed by atoms with Crippen molar-refractivity contribution in [3.05, 3.63) is 112 Å². The first kappa shape index (κ1) is 22.5. The van der Waals surface area contributed by atoms with E-state index >= 15 is 4.39 Å². The number of aromatic amines is 1. The highest BCUT2D eigenvalue weighted by molar-refractivity contribution is 6.03. The number of halogens is 1. The first-order valence-corrected chi connectivity index (χ1v) is 11.6. The second-order valence-corrected chi connectivity index (χ2v) is 8.85. The molecule has 37 heavy (non-hydrogen) atoms. The number of amides is 2. The highest BCUT2D eigenvalue weighted by Crippen LogP contribution is 2.36. The van der Waals surface area contributed by atoms with Crippen molar-refractivity contribution in [3.8, 4) is 5.69 Å². The van der Waals surface area contributed by atoms with Crippen LogP contribution in [-0.4, -0.2) is 36.0 Å². The van der Waals surface area contributed by atoms with Gasteiger partial charge in [-0.1, -0.05) is 12.1 Å². The van der Waals surface area contributed by atoms with Crippen molar-refractivity contribution in [1.29, 1.82) is 0 Å². The summed E-state index contributed by atoms with van der Waals surface area (Å²) in [6.45, 7) is 0.184. The van der Waals surface area contributed by atoms with Gasteiger partial charge in [0.1, 0.15) is 11.9 Å². The number of pyridine rings is 1.